The number of carbonyl (C=O) groups excluding carboxylic acids is 1. The molecule has 2 aromatic carbocycles. The van der Waals surface area contributed by atoms with Crippen molar-refractivity contribution in [2.24, 2.45) is 0 Å². The van der Waals surface area contributed by atoms with E-state index in [0.717, 1.165) is 17.7 Å². The lowest BCUT2D eigenvalue weighted by Crippen LogP contribution is -2.46. The van der Waals surface area contributed by atoms with Crippen molar-refractivity contribution < 1.29 is 23.1 Å². The first-order valence-corrected chi connectivity index (χ1v) is 9.10. The smallest absolute Gasteiger partial charge is 0.385 e. The fraction of sp³-hybridized carbons (Fsp3) is 0.381. The summed E-state index contributed by atoms with van der Waals surface area (Å²) in [5, 5.41) is 17.4. The Morgan fingerprint density at radius 2 is 1.86 bits per heavy atom. The van der Waals surface area contributed by atoms with Crippen LogP contribution in [0.5, 0.6) is 0 Å². The van der Waals surface area contributed by atoms with Gasteiger partial charge in [0.1, 0.15) is 0 Å². The van der Waals surface area contributed by atoms with E-state index in [4.69, 9.17) is 0 Å². The quantitative estimate of drug-likeness (QED) is 0.727. The molecule has 1 aliphatic heterocycles. The molecule has 0 aliphatic carbocycles. The number of nitrogens with one attached hydrogen (secondary N) is 2. The maximum absolute atomic E-state index is 12.8. The first-order chi connectivity index (χ1) is 13.1. The molecule has 1 unspecified atom stereocenters. The van der Waals surface area contributed by atoms with Gasteiger partial charge in [0.25, 0.3) is 0 Å². The zero-order chi connectivity index (χ0) is 20.5. The van der Waals surface area contributed by atoms with E-state index in [2.05, 4.69) is 10.6 Å². The molecule has 3 atom stereocenters. The highest BCUT2D eigenvalue weighted by molar-refractivity contribution is 5.88. The molecule has 0 bridgehead atoms. The fourth-order valence-electron chi connectivity index (χ4n) is 3.84. The van der Waals surface area contributed by atoms with E-state index < -0.39 is 17.3 Å². The Morgan fingerprint density at radius 3 is 2.46 bits per heavy atom. The molecule has 2 aromatic rings. The van der Waals surface area contributed by atoms with Crippen molar-refractivity contribution in [3.8, 4) is 0 Å². The lowest BCUT2D eigenvalue weighted by atomic mass is 9.77. The zero-order valence-electron chi connectivity index (χ0n) is 15.7. The minimum absolute atomic E-state index is 0.0459. The number of benzene rings is 2. The number of hydrogen-bond acceptors (Lipinski definition) is 3. The fourth-order valence-corrected chi connectivity index (χ4v) is 3.84. The van der Waals surface area contributed by atoms with E-state index in [0.29, 0.717) is 24.1 Å². The van der Waals surface area contributed by atoms with Crippen LogP contribution in [0, 0.1) is 0 Å². The number of halogens is 3. The van der Waals surface area contributed by atoms with Crippen LogP contribution in [0.15, 0.2) is 48.5 Å². The molecule has 0 aromatic heterocycles. The topological polar surface area (TPSA) is 61.4 Å². The third kappa shape index (κ3) is 4.54. The lowest BCUT2D eigenvalue weighted by Gasteiger charge is -2.41. The number of aliphatic hydroxyl groups is 1. The summed E-state index contributed by atoms with van der Waals surface area (Å²) in [6.07, 6.45) is -3.71. The van der Waals surface area contributed by atoms with E-state index in [-0.39, 0.29) is 18.0 Å². The average molecular weight is 392 g/mol. The van der Waals surface area contributed by atoms with E-state index in [9.17, 15) is 23.1 Å². The van der Waals surface area contributed by atoms with Crippen LogP contribution in [0.4, 0.5) is 18.9 Å². The first-order valence-electron chi connectivity index (χ1n) is 9.10. The Hall–Kier alpha value is -2.38. The first kappa shape index (κ1) is 20.4. The van der Waals surface area contributed by atoms with Gasteiger partial charge in [0, 0.05) is 24.7 Å². The molecule has 3 rings (SSSR count). The molecule has 28 heavy (non-hydrogen) atoms. The van der Waals surface area contributed by atoms with Crippen LogP contribution in [-0.2, 0) is 16.6 Å². The third-order valence-electron chi connectivity index (χ3n) is 5.03. The predicted octanol–water partition coefficient (Wildman–Crippen LogP) is 4.36. The van der Waals surface area contributed by atoms with E-state index in [1.807, 2.05) is 25.1 Å². The van der Waals surface area contributed by atoms with Crippen LogP contribution in [0.25, 0.3) is 0 Å². The molecule has 0 radical (unpaired) electrons. The molecule has 1 saturated heterocycles. The number of anilines is 1. The second-order valence-corrected chi connectivity index (χ2v) is 7.44. The molecule has 1 aliphatic rings. The summed E-state index contributed by atoms with van der Waals surface area (Å²) in [5.41, 5.74) is 0.0354. The zero-order valence-corrected chi connectivity index (χ0v) is 15.7. The average Bonchev–Trinajstić information content (AvgIpc) is 2.60. The second kappa shape index (κ2) is 7.56. The van der Waals surface area contributed by atoms with Crippen LogP contribution >= 0.6 is 0 Å². The Kier molecular flexibility index (Phi) is 5.50. The number of rotatable bonds is 3. The number of hydrogen-bond donors (Lipinski definition) is 3. The van der Waals surface area contributed by atoms with Gasteiger partial charge in [-0.3, -0.25) is 4.79 Å². The summed E-state index contributed by atoms with van der Waals surface area (Å²) in [6, 6.07) is 11.8. The van der Waals surface area contributed by atoms with Crippen LogP contribution in [0.3, 0.4) is 0 Å². The SMILES string of the molecule is CC(=O)Nc1cccc([C@@H]2CC(O)(c3ccc(C(F)(F)F)cc3)C[C@H](C)N2)c1. The van der Waals surface area contributed by atoms with Crippen LogP contribution in [0.1, 0.15) is 49.4 Å². The minimum atomic E-state index is -4.41. The Morgan fingerprint density at radius 1 is 1.18 bits per heavy atom. The van der Waals surface area contributed by atoms with Crippen molar-refractivity contribution in [1.29, 1.82) is 0 Å². The molecule has 1 amide bonds. The third-order valence-corrected chi connectivity index (χ3v) is 5.03. The summed E-state index contributed by atoms with van der Waals surface area (Å²) in [4.78, 5) is 11.3. The Labute approximate surface area is 161 Å². The van der Waals surface area contributed by atoms with Crippen LogP contribution in [-0.4, -0.2) is 17.1 Å². The number of amides is 1. The molecule has 4 nitrogen and oxygen atoms in total. The van der Waals surface area contributed by atoms with Gasteiger partial charge in [0.05, 0.1) is 11.2 Å². The largest absolute Gasteiger partial charge is 0.416 e. The lowest BCUT2D eigenvalue weighted by molar-refractivity contribution is -0.137. The highest BCUT2D eigenvalue weighted by Crippen LogP contribution is 2.41. The van der Waals surface area contributed by atoms with Crippen LogP contribution in [0.2, 0.25) is 0 Å². The van der Waals surface area contributed by atoms with Crippen molar-refractivity contribution in [3.05, 3.63) is 65.2 Å². The van der Waals surface area contributed by atoms with E-state index in [1.165, 1.54) is 19.1 Å². The summed E-state index contributed by atoms with van der Waals surface area (Å²) in [5.74, 6) is -0.177. The molecular weight excluding hydrogens is 369 g/mol. The summed E-state index contributed by atoms with van der Waals surface area (Å²) in [7, 11) is 0. The van der Waals surface area contributed by atoms with Gasteiger partial charge in [-0.2, -0.15) is 13.2 Å². The molecule has 1 fully saturated rings. The van der Waals surface area contributed by atoms with E-state index in [1.54, 1.807) is 6.07 Å². The molecule has 3 N–H and O–H groups in total. The molecule has 1 heterocycles. The molecule has 150 valence electrons. The van der Waals surface area contributed by atoms with Gasteiger partial charge in [-0.05, 0) is 55.2 Å². The maximum Gasteiger partial charge on any atom is 0.416 e. The molecule has 0 saturated carbocycles. The number of carbonyl (C=O) groups is 1. The van der Waals surface area contributed by atoms with Crippen molar-refractivity contribution in [1.82, 2.24) is 5.32 Å². The van der Waals surface area contributed by atoms with E-state index >= 15 is 0 Å². The predicted molar refractivity (Wildman–Crippen MR) is 101 cm³/mol. The van der Waals surface area contributed by atoms with Gasteiger partial charge < -0.3 is 15.7 Å². The Bertz CT molecular complexity index is 851. The summed E-state index contributed by atoms with van der Waals surface area (Å²) >= 11 is 0. The van der Waals surface area contributed by atoms with Gasteiger partial charge in [0.15, 0.2) is 0 Å². The molecular formula is C21H23F3N2O2. The van der Waals surface area contributed by atoms with Crippen molar-refractivity contribution >= 4 is 11.6 Å². The monoisotopic (exact) mass is 392 g/mol. The minimum Gasteiger partial charge on any atom is -0.385 e. The van der Waals surface area contributed by atoms with Gasteiger partial charge in [0.2, 0.25) is 5.91 Å². The van der Waals surface area contributed by atoms with Crippen molar-refractivity contribution in [2.75, 3.05) is 5.32 Å². The second-order valence-electron chi connectivity index (χ2n) is 7.44. The summed E-state index contributed by atoms with van der Waals surface area (Å²) < 4.78 is 38.5. The van der Waals surface area contributed by atoms with Crippen molar-refractivity contribution in [3.63, 3.8) is 0 Å². The normalized spacial score (nSPS) is 25.4. The molecule has 0 spiro atoms. The molecule has 7 heteroatoms. The highest BCUT2D eigenvalue weighted by atomic mass is 19.4. The van der Waals surface area contributed by atoms with Gasteiger partial charge >= 0.3 is 6.18 Å². The standard InChI is InChI=1S/C21H23F3N2O2/c1-13-11-20(28,16-6-8-17(9-7-16)21(22,23)24)12-19(25-13)15-4-3-5-18(10-15)26-14(2)27/h3-10,13,19,25,28H,11-12H2,1-2H3,(H,26,27)/t13-,19-,20?/m0/s1. The maximum atomic E-state index is 12.8. The number of alkyl halides is 3. The Balaban J connectivity index is 1.87. The van der Waals surface area contributed by atoms with Gasteiger partial charge in [-0.25, -0.2) is 0 Å². The van der Waals surface area contributed by atoms with Gasteiger partial charge in [-0.1, -0.05) is 24.3 Å². The highest BCUT2D eigenvalue weighted by Gasteiger charge is 2.40. The van der Waals surface area contributed by atoms with Crippen LogP contribution < -0.4 is 10.6 Å². The van der Waals surface area contributed by atoms with Gasteiger partial charge in [-0.15, -0.1) is 0 Å². The summed E-state index contributed by atoms with van der Waals surface area (Å²) in [6.45, 7) is 3.36. The van der Waals surface area contributed by atoms with Crippen molar-refractivity contribution in [2.45, 2.75) is 50.6 Å². The number of piperidine rings is 1.